The monoisotopic (exact) mass is 474 g/mol. The van der Waals surface area contributed by atoms with Gasteiger partial charge in [0.25, 0.3) is 0 Å². The largest absolute Gasteiger partial charge is 0.325 e. The minimum atomic E-state index is -4.10. The van der Waals surface area contributed by atoms with Crippen LogP contribution < -0.4 is 5.32 Å². The molecule has 0 radical (unpaired) electrons. The van der Waals surface area contributed by atoms with E-state index in [1.54, 1.807) is 18.2 Å². The molecule has 1 aliphatic heterocycles. The van der Waals surface area contributed by atoms with Crippen LogP contribution in [0.2, 0.25) is 0 Å². The molecule has 0 bridgehead atoms. The second-order valence-electron chi connectivity index (χ2n) is 6.60. The number of anilines is 1. The topological polar surface area (TPSA) is 66.5 Å². The Bertz CT molecular complexity index is 1170. The molecular weight excluding hydrogens is 459 g/mol. The van der Waals surface area contributed by atoms with Crippen molar-refractivity contribution in [1.82, 2.24) is 4.31 Å². The van der Waals surface area contributed by atoms with Crippen LogP contribution in [0.4, 0.5) is 10.1 Å². The van der Waals surface area contributed by atoms with E-state index in [1.807, 2.05) is 30.3 Å². The van der Waals surface area contributed by atoms with E-state index < -0.39 is 27.8 Å². The zero-order valence-electron chi connectivity index (χ0n) is 15.0. The molecule has 29 heavy (non-hydrogen) atoms. The number of hydrogen-bond donors (Lipinski definition) is 1. The summed E-state index contributed by atoms with van der Waals surface area (Å²) in [5.41, 5.74) is 1.90. The maximum absolute atomic E-state index is 13.5. The second-order valence-corrected chi connectivity index (χ2v) is 9.40. The van der Waals surface area contributed by atoms with E-state index >= 15 is 0 Å². The molecule has 1 amide bonds. The van der Waals surface area contributed by atoms with Gasteiger partial charge in [-0.25, -0.2) is 12.8 Å². The zero-order valence-corrected chi connectivity index (χ0v) is 17.5. The summed E-state index contributed by atoms with van der Waals surface area (Å²) in [4.78, 5) is 12.5. The van der Waals surface area contributed by atoms with Gasteiger partial charge in [-0.2, -0.15) is 4.31 Å². The number of rotatable bonds is 3. The van der Waals surface area contributed by atoms with Crippen molar-refractivity contribution < 1.29 is 17.6 Å². The van der Waals surface area contributed by atoms with E-state index in [4.69, 9.17) is 0 Å². The highest BCUT2D eigenvalue weighted by atomic mass is 79.9. The fourth-order valence-electron chi connectivity index (χ4n) is 3.40. The Morgan fingerprint density at radius 1 is 1.00 bits per heavy atom. The van der Waals surface area contributed by atoms with Crippen molar-refractivity contribution in [3.05, 3.63) is 94.2 Å². The Morgan fingerprint density at radius 3 is 2.38 bits per heavy atom. The maximum atomic E-state index is 13.5. The standard InChI is InChI=1S/C21H16BrFN2O3S/c22-15-6-11-19-18(12-15)21(14-4-2-1-3-5-14)25(13-20(26)24-19)29(27,28)17-9-7-16(23)8-10-17/h1-12,21H,13H2,(H,24,26)/t21-/m0/s1. The van der Waals surface area contributed by atoms with Crippen LogP contribution in [-0.2, 0) is 14.8 Å². The van der Waals surface area contributed by atoms with Crippen LogP contribution in [0.15, 0.2) is 82.2 Å². The van der Waals surface area contributed by atoms with Crippen molar-refractivity contribution in [2.24, 2.45) is 0 Å². The summed E-state index contributed by atoms with van der Waals surface area (Å²) in [6, 6.07) is 18.3. The summed E-state index contributed by atoms with van der Waals surface area (Å²) in [6.07, 6.45) is 0. The van der Waals surface area contributed by atoms with Gasteiger partial charge in [-0.1, -0.05) is 46.3 Å². The number of nitrogens with one attached hydrogen (secondary N) is 1. The Labute approximate surface area is 176 Å². The number of nitrogens with zero attached hydrogens (tertiary/aromatic N) is 1. The molecule has 0 aromatic heterocycles. The van der Waals surface area contributed by atoms with Crippen molar-refractivity contribution in [2.75, 3.05) is 11.9 Å². The van der Waals surface area contributed by atoms with Crippen molar-refractivity contribution in [2.45, 2.75) is 10.9 Å². The highest BCUT2D eigenvalue weighted by Gasteiger charge is 2.38. The van der Waals surface area contributed by atoms with Gasteiger partial charge in [0.05, 0.1) is 17.5 Å². The predicted molar refractivity (Wildman–Crippen MR) is 111 cm³/mol. The van der Waals surface area contributed by atoms with E-state index in [0.717, 1.165) is 20.9 Å². The van der Waals surface area contributed by atoms with E-state index in [-0.39, 0.29) is 11.4 Å². The van der Waals surface area contributed by atoms with E-state index in [9.17, 15) is 17.6 Å². The first-order valence-corrected chi connectivity index (χ1v) is 11.0. The van der Waals surface area contributed by atoms with Gasteiger partial charge >= 0.3 is 0 Å². The minimum Gasteiger partial charge on any atom is -0.325 e. The summed E-state index contributed by atoms with van der Waals surface area (Å²) < 4.78 is 42.2. The lowest BCUT2D eigenvalue weighted by Gasteiger charge is -2.29. The summed E-state index contributed by atoms with van der Waals surface area (Å²) in [5.74, 6) is -0.982. The van der Waals surface area contributed by atoms with Crippen molar-refractivity contribution in [1.29, 1.82) is 0 Å². The summed E-state index contributed by atoms with van der Waals surface area (Å²) in [5, 5.41) is 2.79. The van der Waals surface area contributed by atoms with E-state index in [2.05, 4.69) is 21.2 Å². The molecule has 0 aliphatic carbocycles. The Hall–Kier alpha value is -2.55. The SMILES string of the molecule is O=C1CN(S(=O)(=O)c2ccc(F)cc2)[C@@H](c2ccccc2)c2cc(Br)ccc2N1. The number of hydrogen-bond acceptors (Lipinski definition) is 3. The molecule has 0 spiro atoms. The van der Waals surface area contributed by atoms with Crippen LogP contribution in [0.25, 0.3) is 0 Å². The van der Waals surface area contributed by atoms with E-state index in [0.29, 0.717) is 16.8 Å². The first-order valence-electron chi connectivity index (χ1n) is 8.78. The van der Waals surface area contributed by atoms with Gasteiger partial charge in [-0.3, -0.25) is 4.79 Å². The fourth-order valence-corrected chi connectivity index (χ4v) is 5.33. The molecule has 1 heterocycles. The molecule has 0 saturated carbocycles. The molecule has 148 valence electrons. The maximum Gasteiger partial charge on any atom is 0.244 e. The van der Waals surface area contributed by atoms with Crippen LogP contribution >= 0.6 is 15.9 Å². The average molecular weight is 475 g/mol. The van der Waals surface area contributed by atoms with Crippen LogP contribution in [0.1, 0.15) is 17.2 Å². The molecule has 3 aromatic rings. The Kier molecular flexibility index (Phi) is 5.24. The van der Waals surface area contributed by atoms with Gasteiger partial charge in [0.15, 0.2) is 0 Å². The molecule has 0 saturated heterocycles. The molecule has 1 aliphatic rings. The highest BCUT2D eigenvalue weighted by molar-refractivity contribution is 9.10. The first-order chi connectivity index (χ1) is 13.9. The number of amides is 1. The fraction of sp³-hybridized carbons (Fsp3) is 0.0952. The third-order valence-electron chi connectivity index (χ3n) is 4.71. The molecule has 8 heteroatoms. The van der Waals surface area contributed by atoms with Crippen molar-refractivity contribution in [3.63, 3.8) is 0 Å². The van der Waals surface area contributed by atoms with Gasteiger partial charge < -0.3 is 5.32 Å². The van der Waals surface area contributed by atoms with Crippen molar-refractivity contribution in [3.8, 4) is 0 Å². The summed E-state index contributed by atoms with van der Waals surface area (Å²) in [6.45, 7) is -0.369. The van der Waals surface area contributed by atoms with Crippen LogP contribution in [-0.4, -0.2) is 25.2 Å². The number of carbonyl (C=O) groups excluding carboxylic acids is 1. The number of halogens is 2. The van der Waals surface area contributed by atoms with Gasteiger partial charge in [-0.15, -0.1) is 0 Å². The lowest BCUT2D eigenvalue weighted by Crippen LogP contribution is -2.38. The smallest absolute Gasteiger partial charge is 0.244 e. The molecule has 1 N–H and O–H groups in total. The average Bonchev–Trinajstić information content (AvgIpc) is 2.85. The summed E-state index contributed by atoms with van der Waals surface area (Å²) in [7, 11) is -4.10. The van der Waals surface area contributed by atoms with Crippen LogP contribution in [0.3, 0.4) is 0 Å². The van der Waals surface area contributed by atoms with Crippen LogP contribution in [0.5, 0.6) is 0 Å². The predicted octanol–water partition coefficient (Wildman–Crippen LogP) is 4.32. The van der Waals surface area contributed by atoms with Gasteiger partial charge in [0.2, 0.25) is 15.9 Å². The second kappa shape index (κ2) is 7.70. The molecular formula is C21H16BrFN2O3S. The molecule has 3 aromatic carbocycles. The van der Waals surface area contributed by atoms with E-state index in [1.165, 1.54) is 12.1 Å². The summed E-state index contributed by atoms with van der Waals surface area (Å²) >= 11 is 3.43. The molecule has 1 atom stereocenters. The van der Waals surface area contributed by atoms with Crippen molar-refractivity contribution >= 4 is 37.5 Å². The number of benzene rings is 3. The highest BCUT2D eigenvalue weighted by Crippen LogP contribution is 2.39. The quantitative estimate of drug-likeness (QED) is 0.614. The number of carbonyl (C=O) groups is 1. The normalized spacial score (nSPS) is 17.3. The zero-order chi connectivity index (χ0) is 20.6. The third-order valence-corrected chi connectivity index (χ3v) is 7.02. The first kappa shape index (κ1) is 19.8. The molecule has 5 nitrogen and oxygen atoms in total. The van der Waals surface area contributed by atoms with Gasteiger partial charge in [0.1, 0.15) is 5.82 Å². The lowest BCUT2D eigenvalue weighted by atomic mass is 9.97. The number of sulfonamides is 1. The Morgan fingerprint density at radius 2 is 1.69 bits per heavy atom. The number of fused-ring (bicyclic) bond motifs is 1. The van der Waals surface area contributed by atoms with Crippen LogP contribution in [0, 0.1) is 5.82 Å². The molecule has 4 rings (SSSR count). The third kappa shape index (κ3) is 3.83. The molecule has 0 fully saturated rings. The lowest BCUT2D eigenvalue weighted by molar-refractivity contribution is -0.116. The van der Waals surface area contributed by atoms with Gasteiger partial charge in [0, 0.05) is 10.2 Å². The Balaban J connectivity index is 1.95. The molecule has 0 unspecified atom stereocenters. The van der Waals surface area contributed by atoms with Gasteiger partial charge in [-0.05, 0) is 53.6 Å². The minimum absolute atomic E-state index is 0.0777.